The lowest BCUT2D eigenvalue weighted by Gasteiger charge is -2.33. The fourth-order valence-corrected chi connectivity index (χ4v) is 6.14. The number of hydrogen-bond acceptors (Lipinski definition) is 5. The van der Waals surface area contributed by atoms with Crippen LogP contribution in [0.25, 0.3) is 0 Å². The summed E-state index contributed by atoms with van der Waals surface area (Å²) in [5, 5.41) is 3.00. The van der Waals surface area contributed by atoms with E-state index in [4.69, 9.17) is 27.9 Å². The largest absolute Gasteiger partial charge is 0.497 e. The lowest BCUT2D eigenvalue weighted by Crippen LogP contribution is -2.53. The molecule has 3 aromatic carbocycles. The van der Waals surface area contributed by atoms with Crippen molar-refractivity contribution >= 4 is 50.7 Å². The van der Waals surface area contributed by atoms with Gasteiger partial charge in [-0.2, -0.15) is 0 Å². The summed E-state index contributed by atoms with van der Waals surface area (Å²) in [6.07, 6.45) is 0.309. The summed E-state index contributed by atoms with van der Waals surface area (Å²) in [5.41, 5.74) is 1.67. The van der Waals surface area contributed by atoms with Gasteiger partial charge in [0.25, 0.3) is 10.0 Å². The molecule has 0 aromatic heterocycles. The topological polar surface area (TPSA) is 96.0 Å². The van der Waals surface area contributed by atoms with Crippen LogP contribution >= 0.6 is 23.2 Å². The number of rotatable bonds is 12. The van der Waals surface area contributed by atoms with Crippen molar-refractivity contribution in [2.24, 2.45) is 0 Å². The minimum Gasteiger partial charge on any atom is -0.497 e. The molecule has 8 nitrogen and oxygen atoms in total. The summed E-state index contributed by atoms with van der Waals surface area (Å²) < 4.78 is 34.1. The van der Waals surface area contributed by atoms with E-state index in [1.807, 2.05) is 20.8 Å². The predicted octanol–water partition coefficient (Wildman–Crippen LogP) is 5.84. The second kappa shape index (κ2) is 14.1. The number of aryl methyl sites for hydroxylation is 1. The van der Waals surface area contributed by atoms with E-state index in [1.54, 1.807) is 56.5 Å². The lowest BCUT2D eigenvalue weighted by molar-refractivity contribution is -0.140. The van der Waals surface area contributed by atoms with Crippen LogP contribution in [0, 0.1) is 6.92 Å². The number of methoxy groups -OCH3 is 1. The highest BCUT2D eigenvalue weighted by atomic mass is 35.5. The zero-order valence-corrected chi connectivity index (χ0v) is 26.1. The van der Waals surface area contributed by atoms with Crippen molar-refractivity contribution in [2.75, 3.05) is 18.0 Å². The Hall–Kier alpha value is -3.27. The van der Waals surface area contributed by atoms with Gasteiger partial charge in [0.15, 0.2) is 0 Å². The Bertz CT molecular complexity index is 1460. The van der Waals surface area contributed by atoms with Gasteiger partial charge in [-0.1, -0.05) is 66.0 Å². The number of sulfonamides is 1. The van der Waals surface area contributed by atoms with Crippen LogP contribution in [0.1, 0.15) is 38.3 Å². The highest BCUT2D eigenvalue weighted by molar-refractivity contribution is 7.92. The Labute approximate surface area is 252 Å². The molecule has 2 amide bonds. The van der Waals surface area contributed by atoms with Crippen LogP contribution in [-0.2, 0) is 26.2 Å². The molecule has 220 valence electrons. The fraction of sp³-hybridized carbons (Fsp3) is 0.333. The van der Waals surface area contributed by atoms with E-state index in [0.29, 0.717) is 12.2 Å². The van der Waals surface area contributed by atoms with Crippen molar-refractivity contribution in [1.29, 1.82) is 0 Å². The molecule has 1 atom stereocenters. The number of halogens is 2. The van der Waals surface area contributed by atoms with Gasteiger partial charge in [-0.25, -0.2) is 8.42 Å². The highest BCUT2D eigenvalue weighted by Crippen LogP contribution is 2.35. The number of carbonyl (C=O) groups excluding carboxylic acids is 2. The van der Waals surface area contributed by atoms with Crippen LogP contribution in [0.5, 0.6) is 5.75 Å². The quantitative estimate of drug-likeness (QED) is 0.275. The van der Waals surface area contributed by atoms with Gasteiger partial charge in [0, 0.05) is 12.6 Å². The third kappa shape index (κ3) is 7.93. The molecule has 41 heavy (non-hydrogen) atoms. The monoisotopic (exact) mass is 619 g/mol. The molecule has 0 saturated heterocycles. The first-order valence-electron chi connectivity index (χ1n) is 13.1. The Balaban J connectivity index is 2.10. The number of anilines is 1. The Morgan fingerprint density at radius 2 is 1.61 bits per heavy atom. The molecule has 1 N–H and O–H groups in total. The van der Waals surface area contributed by atoms with Crippen molar-refractivity contribution < 1.29 is 22.7 Å². The van der Waals surface area contributed by atoms with Crippen LogP contribution in [0.15, 0.2) is 71.6 Å². The molecule has 3 rings (SSSR count). The van der Waals surface area contributed by atoms with Crippen LogP contribution in [0.2, 0.25) is 10.0 Å². The van der Waals surface area contributed by atoms with Gasteiger partial charge in [0.2, 0.25) is 11.8 Å². The summed E-state index contributed by atoms with van der Waals surface area (Å²) in [5.74, 6) is -0.279. The Kier molecular flexibility index (Phi) is 11.1. The van der Waals surface area contributed by atoms with Crippen molar-refractivity contribution in [3.8, 4) is 5.75 Å². The molecule has 0 spiro atoms. The summed E-state index contributed by atoms with van der Waals surface area (Å²) in [4.78, 5) is 28.7. The van der Waals surface area contributed by atoms with Crippen LogP contribution in [0.3, 0.4) is 0 Å². The molecule has 0 aliphatic heterocycles. The van der Waals surface area contributed by atoms with Crippen molar-refractivity contribution in [3.63, 3.8) is 0 Å². The van der Waals surface area contributed by atoms with Gasteiger partial charge in [-0.3, -0.25) is 13.9 Å². The SMILES string of the molecule is CCC(C(=O)NC(C)C)N(Cc1ccc(OC)cc1)C(=O)CN(c1cccc(Cl)c1Cl)S(=O)(=O)c1ccc(C)cc1. The molecule has 3 aromatic rings. The molecule has 0 aliphatic rings. The highest BCUT2D eigenvalue weighted by Gasteiger charge is 2.34. The molecule has 0 aliphatic carbocycles. The maximum Gasteiger partial charge on any atom is 0.264 e. The first-order valence-corrected chi connectivity index (χ1v) is 15.3. The first-order chi connectivity index (χ1) is 19.4. The van der Waals surface area contributed by atoms with Gasteiger partial charge in [0.05, 0.1) is 27.7 Å². The Morgan fingerprint density at radius 3 is 2.17 bits per heavy atom. The van der Waals surface area contributed by atoms with E-state index in [2.05, 4.69) is 5.32 Å². The molecule has 0 bridgehead atoms. The van der Waals surface area contributed by atoms with Crippen molar-refractivity contribution in [1.82, 2.24) is 10.2 Å². The summed E-state index contributed by atoms with van der Waals surface area (Å²) in [7, 11) is -2.71. The molecule has 0 fully saturated rings. The molecule has 11 heteroatoms. The fourth-order valence-electron chi connectivity index (χ4n) is 4.26. The van der Waals surface area contributed by atoms with Gasteiger partial charge in [0.1, 0.15) is 18.3 Å². The summed E-state index contributed by atoms with van der Waals surface area (Å²) in [6.45, 7) is 6.75. The molecular formula is C30H35Cl2N3O5S. The average molecular weight is 621 g/mol. The number of nitrogens with one attached hydrogen (secondary N) is 1. The number of benzene rings is 3. The van der Waals surface area contributed by atoms with E-state index >= 15 is 0 Å². The maximum atomic E-state index is 14.1. The molecular weight excluding hydrogens is 585 g/mol. The third-order valence-electron chi connectivity index (χ3n) is 6.42. The van der Waals surface area contributed by atoms with E-state index in [0.717, 1.165) is 15.4 Å². The first kappa shape index (κ1) is 32.2. The number of hydrogen-bond donors (Lipinski definition) is 1. The lowest BCUT2D eigenvalue weighted by atomic mass is 10.1. The number of ether oxygens (including phenoxy) is 1. The number of carbonyl (C=O) groups is 2. The maximum absolute atomic E-state index is 14.1. The van der Waals surface area contributed by atoms with Gasteiger partial charge >= 0.3 is 0 Å². The standard InChI is InChI=1S/C30H35Cl2N3O5S/c1-6-26(30(37)33-20(2)3)34(18-22-12-14-23(40-5)15-13-22)28(36)19-35(27-9-7-8-25(31)29(27)32)41(38,39)24-16-10-21(4)11-17-24/h7-17,20,26H,6,18-19H2,1-5H3,(H,33,37). The minimum atomic E-state index is -4.27. The van der Waals surface area contributed by atoms with Crippen molar-refractivity contribution in [3.05, 3.63) is 87.9 Å². The summed E-state index contributed by atoms with van der Waals surface area (Å²) in [6, 6.07) is 17.0. The smallest absolute Gasteiger partial charge is 0.264 e. The van der Waals surface area contributed by atoms with Crippen LogP contribution in [0.4, 0.5) is 5.69 Å². The van der Waals surface area contributed by atoms with Gasteiger partial charge < -0.3 is 15.0 Å². The van der Waals surface area contributed by atoms with Crippen LogP contribution in [-0.4, -0.2) is 50.9 Å². The second-order valence-electron chi connectivity index (χ2n) is 9.85. The van der Waals surface area contributed by atoms with Crippen molar-refractivity contribution in [2.45, 2.75) is 57.6 Å². The average Bonchev–Trinajstić information content (AvgIpc) is 2.93. The molecule has 0 radical (unpaired) electrons. The zero-order valence-electron chi connectivity index (χ0n) is 23.7. The summed E-state index contributed by atoms with van der Waals surface area (Å²) >= 11 is 12.7. The predicted molar refractivity (Wildman–Crippen MR) is 163 cm³/mol. The van der Waals surface area contributed by atoms with E-state index in [9.17, 15) is 18.0 Å². The molecule has 1 unspecified atom stereocenters. The van der Waals surface area contributed by atoms with Crippen LogP contribution < -0.4 is 14.4 Å². The molecule has 0 saturated carbocycles. The van der Waals surface area contributed by atoms with Gasteiger partial charge in [-0.05, 0) is 69.2 Å². The number of amides is 2. The third-order valence-corrected chi connectivity index (χ3v) is 9.00. The molecule has 0 heterocycles. The second-order valence-corrected chi connectivity index (χ2v) is 12.5. The minimum absolute atomic E-state index is 0.0102. The van der Waals surface area contributed by atoms with E-state index in [-0.39, 0.29) is 39.1 Å². The zero-order chi connectivity index (χ0) is 30.3. The Morgan fingerprint density at radius 1 is 0.976 bits per heavy atom. The van der Waals surface area contributed by atoms with E-state index in [1.165, 1.54) is 29.2 Å². The normalized spacial score (nSPS) is 12.1. The number of nitrogens with zero attached hydrogens (tertiary/aromatic N) is 2. The van der Waals surface area contributed by atoms with E-state index < -0.39 is 28.5 Å². The van der Waals surface area contributed by atoms with Gasteiger partial charge in [-0.15, -0.1) is 0 Å².